The lowest BCUT2D eigenvalue weighted by Crippen LogP contribution is -2.33. The van der Waals surface area contributed by atoms with E-state index >= 15 is 0 Å². The quantitative estimate of drug-likeness (QED) is 0.436. The molecule has 7 heteroatoms. The Kier molecular flexibility index (Phi) is 6.58. The zero-order chi connectivity index (χ0) is 21.1. The zero-order valence-electron chi connectivity index (χ0n) is 17.4. The molecule has 1 atom stereocenters. The van der Waals surface area contributed by atoms with Gasteiger partial charge in [-0.05, 0) is 50.2 Å². The third kappa shape index (κ3) is 4.47. The molecule has 0 aliphatic heterocycles. The molecule has 0 fully saturated rings. The molecule has 0 saturated heterocycles. The van der Waals surface area contributed by atoms with Crippen LogP contribution in [0.5, 0.6) is 0 Å². The van der Waals surface area contributed by atoms with Crippen molar-refractivity contribution in [3.8, 4) is 0 Å². The van der Waals surface area contributed by atoms with E-state index in [4.69, 9.17) is 4.98 Å². The third-order valence-corrected chi connectivity index (χ3v) is 7.74. The Balaban J connectivity index is 1.72. The van der Waals surface area contributed by atoms with Crippen molar-refractivity contribution in [3.63, 3.8) is 0 Å². The average Bonchev–Trinajstić information content (AvgIpc) is 3.13. The summed E-state index contributed by atoms with van der Waals surface area (Å²) in [4.78, 5) is 32.9. The SMILES string of the molecule is CC[C@H](C)NC(=O)CSc1nc2sc3c(c2c(=O)n1Cc1ccccc1)CCCC3. The lowest BCUT2D eigenvalue weighted by atomic mass is 9.97. The molecular weight excluding hydrogens is 414 g/mol. The Bertz CT molecular complexity index is 1110. The number of hydrogen-bond acceptors (Lipinski definition) is 5. The molecule has 1 aromatic carbocycles. The van der Waals surface area contributed by atoms with Crippen LogP contribution in [0.25, 0.3) is 10.2 Å². The zero-order valence-corrected chi connectivity index (χ0v) is 19.1. The van der Waals surface area contributed by atoms with Gasteiger partial charge in [-0.1, -0.05) is 49.0 Å². The van der Waals surface area contributed by atoms with Gasteiger partial charge in [0, 0.05) is 10.9 Å². The van der Waals surface area contributed by atoms with Crippen molar-refractivity contribution in [1.29, 1.82) is 0 Å². The first-order valence-corrected chi connectivity index (χ1v) is 12.4. The number of amides is 1. The normalized spacial score (nSPS) is 14.5. The summed E-state index contributed by atoms with van der Waals surface area (Å²) in [5.41, 5.74) is 2.27. The second-order valence-electron chi connectivity index (χ2n) is 7.83. The van der Waals surface area contributed by atoms with Crippen LogP contribution < -0.4 is 10.9 Å². The third-order valence-electron chi connectivity index (χ3n) is 5.58. The Morgan fingerprint density at radius 2 is 2.03 bits per heavy atom. The van der Waals surface area contributed by atoms with Crippen LogP contribution in [0.3, 0.4) is 0 Å². The van der Waals surface area contributed by atoms with Crippen LogP contribution >= 0.6 is 23.1 Å². The molecule has 1 aliphatic carbocycles. The smallest absolute Gasteiger partial charge is 0.263 e. The molecule has 0 bridgehead atoms. The molecule has 2 aromatic heterocycles. The largest absolute Gasteiger partial charge is 0.353 e. The molecule has 5 nitrogen and oxygen atoms in total. The summed E-state index contributed by atoms with van der Waals surface area (Å²) in [5, 5.41) is 4.40. The van der Waals surface area contributed by atoms with E-state index in [2.05, 4.69) is 5.32 Å². The van der Waals surface area contributed by atoms with Gasteiger partial charge in [-0.3, -0.25) is 14.2 Å². The Labute approximate surface area is 184 Å². The molecule has 30 heavy (non-hydrogen) atoms. The number of nitrogens with one attached hydrogen (secondary N) is 1. The Morgan fingerprint density at radius 3 is 2.80 bits per heavy atom. The highest BCUT2D eigenvalue weighted by molar-refractivity contribution is 7.99. The predicted octanol–water partition coefficient (Wildman–Crippen LogP) is 4.39. The van der Waals surface area contributed by atoms with E-state index in [1.807, 2.05) is 44.2 Å². The fourth-order valence-electron chi connectivity index (χ4n) is 3.78. The summed E-state index contributed by atoms with van der Waals surface area (Å²) in [5.74, 6) is 0.225. The van der Waals surface area contributed by atoms with Gasteiger partial charge in [0.15, 0.2) is 5.16 Å². The minimum absolute atomic E-state index is 0.0214. The maximum atomic E-state index is 13.6. The Hall–Kier alpha value is -2.12. The number of carbonyl (C=O) groups is 1. The van der Waals surface area contributed by atoms with Crippen LogP contribution in [0, 0.1) is 0 Å². The second-order valence-corrected chi connectivity index (χ2v) is 9.85. The lowest BCUT2D eigenvalue weighted by Gasteiger charge is -2.14. The van der Waals surface area contributed by atoms with E-state index < -0.39 is 0 Å². The summed E-state index contributed by atoms with van der Waals surface area (Å²) in [6.45, 7) is 4.50. The van der Waals surface area contributed by atoms with Crippen molar-refractivity contribution >= 4 is 39.2 Å². The number of hydrogen-bond donors (Lipinski definition) is 1. The lowest BCUT2D eigenvalue weighted by molar-refractivity contribution is -0.119. The van der Waals surface area contributed by atoms with Crippen molar-refractivity contribution in [2.45, 2.75) is 63.7 Å². The topological polar surface area (TPSA) is 64.0 Å². The van der Waals surface area contributed by atoms with Crippen molar-refractivity contribution in [2.24, 2.45) is 0 Å². The highest BCUT2D eigenvalue weighted by Crippen LogP contribution is 2.34. The molecule has 2 heterocycles. The summed E-state index contributed by atoms with van der Waals surface area (Å²) in [7, 11) is 0. The molecule has 0 saturated carbocycles. The number of rotatable bonds is 7. The first-order chi connectivity index (χ1) is 14.6. The van der Waals surface area contributed by atoms with Gasteiger partial charge in [0.05, 0.1) is 17.7 Å². The van der Waals surface area contributed by atoms with Crippen LogP contribution in [-0.4, -0.2) is 27.3 Å². The highest BCUT2D eigenvalue weighted by atomic mass is 32.2. The maximum absolute atomic E-state index is 13.6. The van der Waals surface area contributed by atoms with Gasteiger partial charge in [-0.25, -0.2) is 4.98 Å². The summed E-state index contributed by atoms with van der Waals surface area (Å²) in [6, 6.07) is 10.1. The predicted molar refractivity (Wildman–Crippen MR) is 125 cm³/mol. The highest BCUT2D eigenvalue weighted by Gasteiger charge is 2.22. The van der Waals surface area contributed by atoms with Gasteiger partial charge < -0.3 is 5.32 Å². The standard InChI is InChI=1S/C23H27N3O2S2/c1-3-15(2)24-19(27)14-29-23-25-21-20(17-11-7-8-12-18(17)30-21)22(28)26(23)13-16-9-5-4-6-10-16/h4-6,9-10,15H,3,7-8,11-14H2,1-2H3,(H,24,27)/t15-/m0/s1. The number of carbonyl (C=O) groups excluding carboxylic acids is 1. The Morgan fingerprint density at radius 1 is 1.27 bits per heavy atom. The van der Waals surface area contributed by atoms with Crippen LogP contribution in [0.4, 0.5) is 0 Å². The van der Waals surface area contributed by atoms with Crippen LogP contribution in [0.2, 0.25) is 0 Å². The summed E-state index contributed by atoms with van der Waals surface area (Å²) < 4.78 is 1.75. The summed E-state index contributed by atoms with van der Waals surface area (Å²) >= 11 is 3.00. The molecule has 0 radical (unpaired) electrons. The van der Waals surface area contributed by atoms with Crippen LogP contribution in [0.1, 0.15) is 49.1 Å². The first-order valence-electron chi connectivity index (χ1n) is 10.6. The van der Waals surface area contributed by atoms with E-state index in [1.54, 1.807) is 15.9 Å². The van der Waals surface area contributed by atoms with E-state index in [0.29, 0.717) is 11.7 Å². The number of aryl methyl sites for hydroxylation is 2. The first kappa shape index (κ1) is 21.1. The number of nitrogens with zero attached hydrogens (tertiary/aromatic N) is 2. The number of aromatic nitrogens is 2. The molecule has 1 N–H and O–H groups in total. The molecule has 4 rings (SSSR count). The number of thiophene rings is 1. The maximum Gasteiger partial charge on any atom is 0.263 e. The second kappa shape index (κ2) is 9.35. The fraction of sp³-hybridized carbons (Fsp3) is 0.435. The van der Waals surface area contributed by atoms with Gasteiger partial charge in [0.1, 0.15) is 4.83 Å². The molecular formula is C23H27N3O2S2. The van der Waals surface area contributed by atoms with E-state index in [1.165, 1.54) is 28.6 Å². The molecule has 1 amide bonds. The van der Waals surface area contributed by atoms with Crippen molar-refractivity contribution < 1.29 is 4.79 Å². The number of fused-ring (bicyclic) bond motifs is 3. The summed E-state index contributed by atoms with van der Waals surface area (Å²) in [6.07, 6.45) is 5.19. The monoisotopic (exact) mass is 441 g/mol. The van der Waals surface area contributed by atoms with Crippen LogP contribution in [0.15, 0.2) is 40.3 Å². The molecule has 0 unspecified atom stereocenters. The van der Waals surface area contributed by atoms with Gasteiger partial charge in [-0.15, -0.1) is 11.3 Å². The van der Waals surface area contributed by atoms with Gasteiger partial charge in [0.2, 0.25) is 5.91 Å². The van der Waals surface area contributed by atoms with Gasteiger partial charge in [0.25, 0.3) is 5.56 Å². The van der Waals surface area contributed by atoms with E-state index in [-0.39, 0.29) is 23.3 Å². The van der Waals surface area contributed by atoms with Crippen molar-refractivity contribution in [1.82, 2.24) is 14.9 Å². The minimum Gasteiger partial charge on any atom is -0.353 e. The minimum atomic E-state index is -0.0274. The molecule has 3 aromatic rings. The fourth-order valence-corrected chi connectivity index (χ4v) is 5.90. The molecule has 0 spiro atoms. The van der Waals surface area contributed by atoms with Crippen molar-refractivity contribution in [3.05, 3.63) is 56.7 Å². The molecule has 1 aliphatic rings. The number of thioether (sulfide) groups is 1. The van der Waals surface area contributed by atoms with Gasteiger partial charge >= 0.3 is 0 Å². The average molecular weight is 442 g/mol. The van der Waals surface area contributed by atoms with Gasteiger partial charge in [-0.2, -0.15) is 0 Å². The number of benzene rings is 1. The van der Waals surface area contributed by atoms with Crippen molar-refractivity contribution in [2.75, 3.05) is 5.75 Å². The van der Waals surface area contributed by atoms with E-state index in [0.717, 1.165) is 41.5 Å². The van der Waals surface area contributed by atoms with Crippen LogP contribution in [-0.2, 0) is 24.2 Å². The molecule has 158 valence electrons. The van der Waals surface area contributed by atoms with E-state index in [9.17, 15) is 9.59 Å².